The van der Waals surface area contributed by atoms with Gasteiger partial charge in [0.05, 0.1) is 5.75 Å². The molecule has 1 N–H and O–H groups in total. The number of sulfonamides is 1. The van der Waals surface area contributed by atoms with Gasteiger partial charge in [-0.05, 0) is 24.3 Å². The van der Waals surface area contributed by atoms with Gasteiger partial charge in [-0.3, -0.25) is 0 Å². The van der Waals surface area contributed by atoms with Gasteiger partial charge in [0.2, 0.25) is 10.0 Å². The largest absolute Gasteiger partial charge is 0.215 e. The van der Waals surface area contributed by atoms with E-state index in [-0.39, 0.29) is 17.0 Å². The van der Waals surface area contributed by atoms with Gasteiger partial charge < -0.3 is 0 Å². The minimum Gasteiger partial charge on any atom is -0.215 e. The lowest BCUT2D eigenvalue weighted by atomic mass is 9.89. The molecule has 1 aromatic rings. The summed E-state index contributed by atoms with van der Waals surface area (Å²) < 4.78 is 26.7. The van der Waals surface area contributed by atoms with E-state index in [1.807, 2.05) is 30.3 Å². The molecule has 0 bridgehead atoms. The van der Waals surface area contributed by atoms with E-state index in [1.54, 1.807) is 0 Å². The predicted molar refractivity (Wildman–Crippen MR) is 78.7 cm³/mol. The molecular weight excluding hydrogens is 282 g/mol. The molecule has 0 radical (unpaired) electrons. The van der Waals surface area contributed by atoms with Crippen LogP contribution >= 0.6 is 11.6 Å². The highest BCUT2D eigenvalue weighted by atomic mass is 35.5. The third-order valence-electron chi connectivity index (χ3n) is 3.58. The highest BCUT2D eigenvalue weighted by Crippen LogP contribution is 2.28. The molecule has 3 nitrogen and oxygen atoms in total. The van der Waals surface area contributed by atoms with E-state index in [0.29, 0.717) is 6.54 Å². The number of hydrogen-bond acceptors (Lipinski definition) is 2. The number of alkyl halides is 1. The molecule has 1 saturated carbocycles. The Morgan fingerprint density at radius 2 is 1.84 bits per heavy atom. The fourth-order valence-electron chi connectivity index (χ4n) is 2.47. The minimum atomic E-state index is -3.27. The van der Waals surface area contributed by atoms with Gasteiger partial charge in [-0.15, -0.1) is 11.6 Å². The summed E-state index contributed by atoms with van der Waals surface area (Å²) in [5, 5.41) is 0.105. The molecule has 0 spiro atoms. The normalized spacial score (nSPS) is 24.3. The summed E-state index contributed by atoms with van der Waals surface area (Å²) in [5.74, 6) is 0.300. The number of rotatable bonds is 5. The van der Waals surface area contributed by atoms with E-state index in [2.05, 4.69) is 4.72 Å². The van der Waals surface area contributed by atoms with Crippen LogP contribution < -0.4 is 4.72 Å². The summed E-state index contributed by atoms with van der Waals surface area (Å²) in [6, 6.07) is 9.22. The Balaban J connectivity index is 1.87. The van der Waals surface area contributed by atoms with Crippen LogP contribution in [0.25, 0.3) is 0 Å². The first kappa shape index (κ1) is 14.8. The summed E-state index contributed by atoms with van der Waals surface area (Å²) in [7, 11) is -3.27. The quantitative estimate of drug-likeness (QED) is 0.850. The SMILES string of the molecule is O=S(=O)(Cc1ccccc1)NCC1CCCCC1Cl. The van der Waals surface area contributed by atoms with Crippen molar-refractivity contribution >= 4 is 21.6 Å². The zero-order chi connectivity index (χ0) is 13.7. The second kappa shape index (κ2) is 6.73. The maximum absolute atomic E-state index is 12.0. The number of benzene rings is 1. The van der Waals surface area contributed by atoms with Gasteiger partial charge in [0.15, 0.2) is 0 Å². The Bertz CT molecular complexity index is 489. The average molecular weight is 302 g/mol. The molecule has 1 fully saturated rings. The van der Waals surface area contributed by atoms with Crippen LogP contribution in [0.4, 0.5) is 0 Å². The fourth-order valence-corrected chi connectivity index (χ4v) is 4.04. The summed E-state index contributed by atoms with van der Waals surface area (Å²) >= 11 is 6.24. The summed E-state index contributed by atoms with van der Waals surface area (Å²) in [6.45, 7) is 0.462. The molecule has 0 saturated heterocycles. The van der Waals surface area contributed by atoms with E-state index in [0.717, 1.165) is 31.2 Å². The van der Waals surface area contributed by atoms with Crippen LogP contribution in [0.5, 0.6) is 0 Å². The smallest absolute Gasteiger partial charge is 0.215 e. The van der Waals surface area contributed by atoms with Crippen LogP contribution in [0.1, 0.15) is 31.2 Å². The van der Waals surface area contributed by atoms with Crippen LogP contribution in [0.2, 0.25) is 0 Å². The molecule has 5 heteroatoms. The first-order valence-corrected chi connectivity index (χ1v) is 8.81. The van der Waals surface area contributed by atoms with Crippen LogP contribution in [0.3, 0.4) is 0 Å². The number of halogens is 1. The van der Waals surface area contributed by atoms with Gasteiger partial charge in [-0.1, -0.05) is 43.2 Å². The second-order valence-electron chi connectivity index (χ2n) is 5.15. The molecule has 1 aliphatic carbocycles. The standard InChI is InChI=1S/C14H20ClNO2S/c15-14-9-5-4-8-13(14)10-16-19(17,18)11-12-6-2-1-3-7-12/h1-3,6-7,13-14,16H,4-5,8-11H2. The molecule has 19 heavy (non-hydrogen) atoms. The van der Waals surface area contributed by atoms with Gasteiger partial charge in [0.25, 0.3) is 0 Å². The maximum Gasteiger partial charge on any atom is 0.215 e. The molecular formula is C14H20ClNO2S. The lowest BCUT2D eigenvalue weighted by Gasteiger charge is -2.27. The summed E-state index contributed by atoms with van der Waals surface area (Å²) in [5.41, 5.74) is 0.807. The lowest BCUT2D eigenvalue weighted by molar-refractivity contribution is 0.364. The van der Waals surface area contributed by atoms with Crippen molar-refractivity contribution in [2.45, 2.75) is 36.8 Å². The van der Waals surface area contributed by atoms with Crippen molar-refractivity contribution in [3.05, 3.63) is 35.9 Å². The van der Waals surface area contributed by atoms with Crippen molar-refractivity contribution in [1.82, 2.24) is 4.72 Å². The van der Waals surface area contributed by atoms with Crippen molar-refractivity contribution in [3.63, 3.8) is 0 Å². The highest BCUT2D eigenvalue weighted by molar-refractivity contribution is 7.88. The Morgan fingerprint density at radius 1 is 1.16 bits per heavy atom. The Morgan fingerprint density at radius 3 is 2.53 bits per heavy atom. The fraction of sp³-hybridized carbons (Fsp3) is 0.571. The highest BCUT2D eigenvalue weighted by Gasteiger charge is 2.24. The van der Waals surface area contributed by atoms with Gasteiger partial charge in [0, 0.05) is 11.9 Å². The van der Waals surface area contributed by atoms with E-state index >= 15 is 0 Å². The molecule has 2 unspecified atom stereocenters. The van der Waals surface area contributed by atoms with E-state index in [4.69, 9.17) is 11.6 Å². The molecule has 1 aromatic carbocycles. The van der Waals surface area contributed by atoms with Gasteiger partial charge in [-0.25, -0.2) is 13.1 Å². The van der Waals surface area contributed by atoms with Crippen LogP contribution in [0, 0.1) is 5.92 Å². The van der Waals surface area contributed by atoms with E-state index in [9.17, 15) is 8.42 Å². The molecule has 0 aromatic heterocycles. The van der Waals surface area contributed by atoms with Crippen LogP contribution in [-0.2, 0) is 15.8 Å². The molecule has 1 aliphatic rings. The molecule has 0 aliphatic heterocycles. The predicted octanol–water partition coefficient (Wildman–Crippen LogP) is 2.90. The number of nitrogens with one attached hydrogen (secondary N) is 1. The average Bonchev–Trinajstić information content (AvgIpc) is 2.38. The van der Waals surface area contributed by atoms with Crippen molar-refractivity contribution < 1.29 is 8.42 Å². The third kappa shape index (κ3) is 4.79. The minimum absolute atomic E-state index is 0.0352. The van der Waals surface area contributed by atoms with Crippen molar-refractivity contribution in [2.75, 3.05) is 6.54 Å². The van der Waals surface area contributed by atoms with Crippen molar-refractivity contribution in [1.29, 1.82) is 0 Å². The zero-order valence-electron chi connectivity index (χ0n) is 10.9. The molecule has 0 heterocycles. The van der Waals surface area contributed by atoms with Crippen molar-refractivity contribution in [2.24, 2.45) is 5.92 Å². The molecule has 0 amide bonds. The first-order chi connectivity index (χ1) is 9.07. The van der Waals surface area contributed by atoms with Crippen molar-refractivity contribution in [3.8, 4) is 0 Å². The summed E-state index contributed by atoms with van der Waals surface area (Å²) in [4.78, 5) is 0. The van der Waals surface area contributed by atoms with Crippen LogP contribution in [0.15, 0.2) is 30.3 Å². The molecule has 2 rings (SSSR count). The Kier molecular flexibility index (Phi) is 5.25. The Labute approximate surface area is 120 Å². The third-order valence-corrected chi connectivity index (χ3v) is 5.48. The number of hydrogen-bond donors (Lipinski definition) is 1. The van der Waals surface area contributed by atoms with Crippen LogP contribution in [-0.4, -0.2) is 20.3 Å². The monoisotopic (exact) mass is 301 g/mol. The summed E-state index contributed by atoms with van der Waals surface area (Å²) in [6.07, 6.45) is 4.31. The zero-order valence-corrected chi connectivity index (χ0v) is 12.5. The van der Waals surface area contributed by atoms with E-state index < -0.39 is 10.0 Å². The lowest BCUT2D eigenvalue weighted by Crippen LogP contribution is -2.35. The first-order valence-electron chi connectivity index (χ1n) is 6.72. The van der Waals surface area contributed by atoms with Gasteiger partial charge in [0.1, 0.15) is 0 Å². The molecule has 106 valence electrons. The van der Waals surface area contributed by atoms with E-state index in [1.165, 1.54) is 0 Å². The second-order valence-corrected chi connectivity index (χ2v) is 7.52. The maximum atomic E-state index is 12.0. The van der Waals surface area contributed by atoms with Gasteiger partial charge in [-0.2, -0.15) is 0 Å². The topological polar surface area (TPSA) is 46.2 Å². The Hall–Kier alpha value is -0.580. The molecule has 2 atom stereocenters. The van der Waals surface area contributed by atoms with Gasteiger partial charge >= 0.3 is 0 Å².